The molecule has 0 fully saturated rings. The zero-order valence-electron chi connectivity index (χ0n) is 17.9. The minimum atomic E-state index is -0.0815. The lowest BCUT2D eigenvalue weighted by Crippen LogP contribution is -2.40. The second-order valence-electron chi connectivity index (χ2n) is 6.94. The molecule has 0 aliphatic rings. The van der Waals surface area contributed by atoms with E-state index in [1.54, 1.807) is 12.2 Å². The van der Waals surface area contributed by atoms with Gasteiger partial charge in [0.05, 0.1) is 6.61 Å². The fourth-order valence-electron chi connectivity index (χ4n) is 2.67. The molecule has 0 spiro atoms. The van der Waals surface area contributed by atoms with Gasteiger partial charge in [-0.1, -0.05) is 51.7 Å². The van der Waals surface area contributed by atoms with E-state index in [1.165, 1.54) is 25.7 Å². The van der Waals surface area contributed by atoms with Crippen LogP contribution in [0.5, 0.6) is 0 Å². The smallest absolute Gasteiger partial charge is 0.243 e. The van der Waals surface area contributed by atoms with Crippen molar-refractivity contribution in [3.8, 4) is 0 Å². The number of carbonyl (C=O) groups is 2. The van der Waals surface area contributed by atoms with E-state index >= 15 is 0 Å². The Kier molecular flexibility index (Phi) is 18.9. The minimum absolute atomic E-state index is 0.0521. The highest BCUT2D eigenvalue weighted by Gasteiger charge is 2.05. The van der Waals surface area contributed by atoms with E-state index in [2.05, 4.69) is 24.5 Å². The summed E-state index contributed by atoms with van der Waals surface area (Å²) in [6.07, 6.45) is 15.9. The molecule has 0 radical (unpaired) electrons. The Morgan fingerprint density at radius 2 is 1.25 bits per heavy atom. The lowest BCUT2D eigenvalue weighted by molar-refractivity contribution is -0.117. The van der Waals surface area contributed by atoms with E-state index in [1.807, 2.05) is 17.1 Å². The number of aliphatic hydroxyl groups excluding tert-OH is 1. The minimum Gasteiger partial charge on any atom is -0.395 e. The van der Waals surface area contributed by atoms with Crippen LogP contribution in [0.3, 0.4) is 0 Å². The van der Waals surface area contributed by atoms with Crippen LogP contribution in [0, 0.1) is 0 Å². The number of nitrogens with zero attached hydrogens (tertiary/aromatic N) is 1. The summed E-state index contributed by atoms with van der Waals surface area (Å²) in [6.45, 7) is 7.20. The number of aliphatic hydroxyl groups is 1. The van der Waals surface area contributed by atoms with Gasteiger partial charge in [0.1, 0.15) is 0 Å². The third kappa shape index (κ3) is 17.7. The molecule has 6 heteroatoms. The van der Waals surface area contributed by atoms with Crippen LogP contribution in [-0.4, -0.2) is 61.2 Å². The van der Waals surface area contributed by atoms with Crippen LogP contribution in [0.2, 0.25) is 0 Å². The van der Waals surface area contributed by atoms with Gasteiger partial charge in [0.2, 0.25) is 11.8 Å². The van der Waals surface area contributed by atoms with E-state index in [9.17, 15) is 14.7 Å². The maximum atomic E-state index is 11.8. The van der Waals surface area contributed by atoms with Gasteiger partial charge in [-0.3, -0.25) is 14.5 Å². The zero-order valence-corrected chi connectivity index (χ0v) is 17.9. The summed E-state index contributed by atoms with van der Waals surface area (Å²) in [6, 6.07) is 0. The van der Waals surface area contributed by atoms with Crippen molar-refractivity contribution in [3.63, 3.8) is 0 Å². The van der Waals surface area contributed by atoms with Crippen molar-refractivity contribution in [2.45, 2.75) is 65.2 Å². The molecule has 0 aromatic rings. The first-order valence-corrected chi connectivity index (χ1v) is 10.9. The number of allylic oxidation sites excluding steroid dienone is 2. The fraction of sp³-hybridized carbons (Fsp3) is 0.727. The molecule has 0 unspecified atom stereocenters. The molecule has 0 aromatic carbocycles. The first-order valence-electron chi connectivity index (χ1n) is 10.9. The van der Waals surface area contributed by atoms with Crippen molar-refractivity contribution in [2.24, 2.45) is 0 Å². The molecular weight excluding hydrogens is 354 g/mol. The quantitative estimate of drug-likeness (QED) is 0.246. The molecule has 162 valence electrons. The summed E-state index contributed by atoms with van der Waals surface area (Å²) in [5.41, 5.74) is 0. The van der Waals surface area contributed by atoms with Crippen molar-refractivity contribution in [1.82, 2.24) is 15.5 Å². The van der Waals surface area contributed by atoms with Crippen LogP contribution >= 0.6 is 0 Å². The second-order valence-corrected chi connectivity index (χ2v) is 6.94. The SMILES string of the molecule is CCCCC/C=C/C(=O)NCCN(CCO)CCNC(=O)/C=C/CCCCC. The summed E-state index contributed by atoms with van der Waals surface area (Å²) in [7, 11) is 0. The van der Waals surface area contributed by atoms with Crippen molar-refractivity contribution >= 4 is 11.8 Å². The molecule has 2 amide bonds. The van der Waals surface area contributed by atoms with Crippen LogP contribution < -0.4 is 10.6 Å². The van der Waals surface area contributed by atoms with Gasteiger partial charge < -0.3 is 15.7 Å². The van der Waals surface area contributed by atoms with E-state index in [0.29, 0.717) is 32.7 Å². The summed E-state index contributed by atoms with van der Waals surface area (Å²) >= 11 is 0. The Morgan fingerprint density at radius 1 is 0.786 bits per heavy atom. The molecule has 3 N–H and O–H groups in total. The number of amides is 2. The van der Waals surface area contributed by atoms with Gasteiger partial charge in [-0.05, 0) is 37.8 Å². The highest BCUT2D eigenvalue weighted by molar-refractivity contribution is 5.87. The summed E-state index contributed by atoms with van der Waals surface area (Å²) in [4.78, 5) is 25.5. The molecule has 0 aromatic heterocycles. The second kappa shape index (κ2) is 20.1. The van der Waals surface area contributed by atoms with Gasteiger partial charge in [0.15, 0.2) is 0 Å². The molecular formula is C22H41N3O3. The lowest BCUT2D eigenvalue weighted by atomic mass is 10.2. The number of carbonyl (C=O) groups excluding carboxylic acids is 2. The third-order valence-electron chi connectivity index (χ3n) is 4.36. The maximum Gasteiger partial charge on any atom is 0.243 e. The standard InChI is InChI=1S/C22H41N3O3/c1-3-5-7-9-11-13-21(27)23-15-17-25(19-20-26)18-16-24-22(28)14-12-10-8-6-4-2/h11-14,26H,3-10,15-20H2,1-2H3,(H,23,27)(H,24,28)/b13-11+,14-12+. The summed E-state index contributed by atoms with van der Waals surface area (Å²) in [5, 5.41) is 14.9. The monoisotopic (exact) mass is 395 g/mol. The molecule has 0 atom stereocenters. The highest BCUT2D eigenvalue weighted by atomic mass is 16.3. The van der Waals surface area contributed by atoms with Gasteiger partial charge in [-0.2, -0.15) is 0 Å². The molecule has 0 aliphatic carbocycles. The largest absolute Gasteiger partial charge is 0.395 e. The average molecular weight is 396 g/mol. The summed E-state index contributed by atoms with van der Waals surface area (Å²) < 4.78 is 0. The van der Waals surface area contributed by atoms with E-state index in [-0.39, 0.29) is 18.4 Å². The molecule has 6 nitrogen and oxygen atoms in total. The Hall–Kier alpha value is -1.66. The van der Waals surface area contributed by atoms with Crippen LogP contribution in [0.1, 0.15) is 65.2 Å². The molecule has 0 heterocycles. The number of hydrogen-bond donors (Lipinski definition) is 3. The first-order chi connectivity index (χ1) is 13.6. The van der Waals surface area contributed by atoms with Crippen LogP contribution in [0.15, 0.2) is 24.3 Å². The number of hydrogen-bond acceptors (Lipinski definition) is 4. The van der Waals surface area contributed by atoms with Gasteiger partial charge >= 0.3 is 0 Å². The Labute approximate surface area is 171 Å². The molecule has 28 heavy (non-hydrogen) atoms. The fourth-order valence-corrected chi connectivity index (χ4v) is 2.67. The van der Waals surface area contributed by atoms with Gasteiger partial charge in [-0.15, -0.1) is 0 Å². The normalized spacial score (nSPS) is 11.6. The topological polar surface area (TPSA) is 81.7 Å². The van der Waals surface area contributed by atoms with Crippen molar-refractivity contribution in [3.05, 3.63) is 24.3 Å². The molecule has 0 bridgehead atoms. The van der Waals surface area contributed by atoms with Crippen LogP contribution in [-0.2, 0) is 9.59 Å². The average Bonchev–Trinajstić information content (AvgIpc) is 2.67. The molecule has 0 saturated carbocycles. The predicted molar refractivity (Wildman–Crippen MR) is 116 cm³/mol. The Balaban J connectivity index is 3.93. The van der Waals surface area contributed by atoms with E-state index < -0.39 is 0 Å². The van der Waals surface area contributed by atoms with Crippen LogP contribution in [0.25, 0.3) is 0 Å². The third-order valence-corrected chi connectivity index (χ3v) is 4.36. The van der Waals surface area contributed by atoms with Crippen LogP contribution in [0.4, 0.5) is 0 Å². The Morgan fingerprint density at radius 3 is 1.64 bits per heavy atom. The lowest BCUT2D eigenvalue weighted by Gasteiger charge is -2.21. The Bertz CT molecular complexity index is 412. The highest BCUT2D eigenvalue weighted by Crippen LogP contribution is 2.00. The molecule has 0 aliphatic heterocycles. The van der Waals surface area contributed by atoms with Crippen molar-refractivity contribution in [1.29, 1.82) is 0 Å². The predicted octanol–water partition coefficient (Wildman–Crippen LogP) is 2.79. The van der Waals surface area contributed by atoms with Gasteiger partial charge in [-0.25, -0.2) is 0 Å². The first kappa shape index (κ1) is 26.3. The van der Waals surface area contributed by atoms with Gasteiger partial charge in [0, 0.05) is 32.7 Å². The number of rotatable bonds is 18. The summed E-state index contributed by atoms with van der Waals surface area (Å²) in [5.74, 6) is -0.163. The molecule has 0 rings (SSSR count). The number of unbranched alkanes of at least 4 members (excludes halogenated alkanes) is 6. The zero-order chi connectivity index (χ0) is 20.9. The van der Waals surface area contributed by atoms with Gasteiger partial charge in [0.25, 0.3) is 0 Å². The van der Waals surface area contributed by atoms with Crippen molar-refractivity contribution < 1.29 is 14.7 Å². The van der Waals surface area contributed by atoms with Crippen molar-refractivity contribution in [2.75, 3.05) is 39.3 Å². The maximum absolute atomic E-state index is 11.8. The number of nitrogens with one attached hydrogen (secondary N) is 2. The van der Waals surface area contributed by atoms with E-state index in [0.717, 1.165) is 25.7 Å². The molecule has 0 saturated heterocycles. The van der Waals surface area contributed by atoms with E-state index in [4.69, 9.17) is 0 Å².